The largest absolute Gasteiger partial charge is 0.315 e. The lowest BCUT2D eigenvalue weighted by Gasteiger charge is -2.20. The predicted molar refractivity (Wildman–Crippen MR) is 67.2 cm³/mol. The van der Waals surface area contributed by atoms with E-state index in [2.05, 4.69) is 24.1 Å². The van der Waals surface area contributed by atoms with Crippen LogP contribution in [0.25, 0.3) is 0 Å². The van der Waals surface area contributed by atoms with E-state index in [1.807, 2.05) is 0 Å². The number of nitrogens with zero attached hydrogens (tertiary/aromatic N) is 1. The predicted octanol–water partition coefficient (Wildman–Crippen LogP) is 2.50. The third-order valence-corrected chi connectivity index (χ3v) is 3.49. The van der Waals surface area contributed by atoms with Gasteiger partial charge in [0.2, 0.25) is 0 Å². The summed E-state index contributed by atoms with van der Waals surface area (Å²) < 4.78 is 0. The Kier molecular flexibility index (Phi) is 7.03. The summed E-state index contributed by atoms with van der Waals surface area (Å²) in [6, 6.07) is 0. The van der Waals surface area contributed by atoms with Crippen molar-refractivity contribution in [1.82, 2.24) is 10.2 Å². The van der Waals surface area contributed by atoms with Gasteiger partial charge in [0.1, 0.15) is 0 Å². The van der Waals surface area contributed by atoms with E-state index >= 15 is 0 Å². The van der Waals surface area contributed by atoms with Gasteiger partial charge < -0.3 is 10.2 Å². The lowest BCUT2D eigenvalue weighted by Crippen LogP contribution is -2.34. The molecule has 1 unspecified atom stereocenters. The van der Waals surface area contributed by atoms with E-state index in [1.165, 1.54) is 64.8 Å². The Bertz CT molecular complexity index is 139. The zero-order valence-electron chi connectivity index (χ0n) is 10.6. The molecule has 1 rings (SSSR count). The molecule has 0 amide bonds. The fraction of sp³-hybridized carbons (Fsp3) is 1.00. The van der Waals surface area contributed by atoms with E-state index in [0.717, 1.165) is 5.92 Å². The molecule has 0 saturated carbocycles. The molecule has 0 aromatic heterocycles. The molecule has 1 saturated heterocycles. The summed E-state index contributed by atoms with van der Waals surface area (Å²) in [5.74, 6) is 0.828. The normalized spacial score (nSPS) is 21.2. The van der Waals surface area contributed by atoms with Crippen LogP contribution in [-0.4, -0.2) is 37.6 Å². The number of rotatable bonds is 6. The summed E-state index contributed by atoms with van der Waals surface area (Å²) in [5, 5.41) is 3.56. The van der Waals surface area contributed by atoms with Crippen LogP contribution in [0, 0.1) is 5.92 Å². The van der Waals surface area contributed by atoms with Crippen molar-refractivity contribution in [2.24, 2.45) is 5.92 Å². The Balaban J connectivity index is 1.98. The van der Waals surface area contributed by atoms with Crippen molar-refractivity contribution < 1.29 is 0 Å². The van der Waals surface area contributed by atoms with Crippen LogP contribution in [0.3, 0.4) is 0 Å². The molecule has 0 aromatic carbocycles. The minimum Gasteiger partial charge on any atom is -0.315 e. The van der Waals surface area contributed by atoms with Crippen LogP contribution in [-0.2, 0) is 0 Å². The van der Waals surface area contributed by atoms with Gasteiger partial charge in [0.25, 0.3) is 0 Å². The molecule has 1 fully saturated rings. The monoisotopic (exact) mass is 212 g/mol. The van der Waals surface area contributed by atoms with Gasteiger partial charge >= 0.3 is 0 Å². The molecule has 2 heteroatoms. The molecule has 0 radical (unpaired) electrons. The highest BCUT2D eigenvalue weighted by molar-refractivity contribution is 4.65. The van der Waals surface area contributed by atoms with Gasteiger partial charge in [0.15, 0.2) is 0 Å². The van der Waals surface area contributed by atoms with E-state index in [1.54, 1.807) is 0 Å². The highest BCUT2D eigenvalue weighted by Gasteiger charge is 2.07. The van der Waals surface area contributed by atoms with Crippen molar-refractivity contribution >= 4 is 0 Å². The second kappa shape index (κ2) is 8.12. The lowest BCUT2D eigenvalue weighted by molar-refractivity contribution is 0.282. The molecule has 1 atom stereocenters. The Hall–Kier alpha value is -0.0800. The van der Waals surface area contributed by atoms with Crippen molar-refractivity contribution in [3.63, 3.8) is 0 Å². The Morgan fingerprint density at radius 3 is 2.40 bits per heavy atom. The summed E-state index contributed by atoms with van der Waals surface area (Å²) in [6.07, 6.45) is 6.99. The number of hydrogen-bond donors (Lipinski definition) is 1. The second-order valence-electron chi connectivity index (χ2n) is 4.97. The number of hydrogen-bond acceptors (Lipinski definition) is 2. The maximum atomic E-state index is 3.56. The Morgan fingerprint density at radius 2 is 1.80 bits per heavy atom. The van der Waals surface area contributed by atoms with E-state index in [0.29, 0.717) is 0 Å². The van der Waals surface area contributed by atoms with E-state index in [-0.39, 0.29) is 0 Å². The molecule has 0 aromatic rings. The molecule has 1 aliphatic heterocycles. The molecule has 2 nitrogen and oxygen atoms in total. The van der Waals surface area contributed by atoms with Gasteiger partial charge in [0, 0.05) is 13.1 Å². The van der Waals surface area contributed by atoms with Crippen LogP contribution in [0.5, 0.6) is 0 Å². The van der Waals surface area contributed by atoms with Crippen LogP contribution >= 0.6 is 0 Å². The molecular weight excluding hydrogens is 184 g/mol. The summed E-state index contributed by atoms with van der Waals surface area (Å²) in [5.41, 5.74) is 0. The van der Waals surface area contributed by atoms with E-state index in [9.17, 15) is 0 Å². The third kappa shape index (κ3) is 6.16. The van der Waals surface area contributed by atoms with Gasteiger partial charge in [0.05, 0.1) is 0 Å². The average molecular weight is 212 g/mol. The first-order valence-electron chi connectivity index (χ1n) is 6.76. The fourth-order valence-electron chi connectivity index (χ4n) is 2.09. The number of likely N-dealkylation sites (tertiary alicyclic amines) is 1. The van der Waals surface area contributed by atoms with Crippen LogP contribution in [0.4, 0.5) is 0 Å². The molecule has 0 bridgehead atoms. The topological polar surface area (TPSA) is 15.3 Å². The molecular formula is C13H28N2. The van der Waals surface area contributed by atoms with Crippen LogP contribution in [0.2, 0.25) is 0 Å². The molecule has 1 aliphatic rings. The quantitative estimate of drug-likeness (QED) is 0.681. The minimum atomic E-state index is 0.828. The van der Waals surface area contributed by atoms with Gasteiger partial charge in [-0.05, 0) is 38.4 Å². The zero-order valence-corrected chi connectivity index (χ0v) is 10.6. The zero-order chi connectivity index (χ0) is 10.9. The smallest absolute Gasteiger partial charge is 0.0107 e. The first-order chi connectivity index (χ1) is 7.33. The first kappa shape index (κ1) is 13.0. The van der Waals surface area contributed by atoms with Crippen molar-refractivity contribution in [1.29, 1.82) is 0 Å². The van der Waals surface area contributed by atoms with Crippen LogP contribution < -0.4 is 5.32 Å². The summed E-state index contributed by atoms with van der Waals surface area (Å²) >= 11 is 0. The molecule has 15 heavy (non-hydrogen) atoms. The van der Waals surface area contributed by atoms with Crippen molar-refractivity contribution in [2.45, 2.75) is 46.0 Å². The third-order valence-electron chi connectivity index (χ3n) is 3.49. The maximum Gasteiger partial charge on any atom is 0.0107 e. The van der Waals surface area contributed by atoms with Gasteiger partial charge in [-0.3, -0.25) is 0 Å². The van der Waals surface area contributed by atoms with Crippen molar-refractivity contribution in [3.8, 4) is 0 Å². The molecule has 1 N–H and O–H groups in total. The summed E-state index contributed by atoms with van der Waals surface area (Å²) in [4.78, 5) is 2.62. The van der Waals surface area contributed by atoms with Crippen molar-refractivity contribution in [2.75, 3.05) is 32.7 Å². The Morgan fingerprint density at radius 1 is 1.13 bits per heavy atom. The number of nitrogens with one attached hydrogen (secondary N) is 1. The minimum absolute atomic E-state index is 0.828. The van der Waals surface area contributed by atoms with Gasteiger partial charge in [-0.15, -0.1) is 0 Å². The lowest BCUT2D eigenvalue weighted by atomic mass is 10.1. The van der Waals surface area contributed by atoms with Crippen LogP contribution in [0.15, 0.2) is 0 Å². The standard InChI is InChI=1S/C13H28N2/c1-3-13(2)12-14-8-11-15-9-6-4-5-7-10-15/h13-14H,3-12H2,1-2H3. The van der Waals surface area contributed by atoms with Gasteiger partial charge in [-0.1, -0.05) is 33.1 Å². The summed E-state index contributed by atoms with van der Waals surface area (Å²) in [6.45, 7) is 10.8. The maximum absolute atomic E-state index is 3.56. The Labute approximate surface area is 95.4 Å². The van der Waals surface area contributed by atoms with Gasteiger partial charge in [-0.2, -0.15) is 0 Å². The van der Waals surface area contributed by atoms with Crippen LogP contribution in [0.1, 0.15) is 46.0 Å². The van der Waals surface area contributed by atoms with Crippen molar-refractivity contribution in [3.05, 3.63) is 0 Å². The SMILES string of the molecule is CCC(C)CNCCN1CCCCCC1. The second-order valence-corrected chi connectivity index (χ2v) is 4.97. The first-order valence-corrected chi connectivity index (χ1v) is 6.76. The molecule has 90 valence electrons. The van der Waals surface area contributed by atoms with E-state index < -0.39 is 0 Å². The van der Waals surface area contributed by atoms with E-state index in [4.69, 9.17) is 0 Å². The highest BCUT2D eigenvalue weighted by Crippen LogP contribution is 2.08. The van der Waals surface area contributed by atoms with Gasteiger partial charge in [-0.25, -0.2) is 0 Å². The molecule has 0 aliphatic carbocycles. The highest BCUT2D eigenvalue weighted by atomic mass is 15.1. The molecule has 0 spiro atoms. The fourth-order valence-corrected chi connectivity index (χ4v) is 2.09. The summed E-state index contributed by atoms with van der Waals surface area (Å²) in [7, 11) is 0. The molecule has 1 heterocycles. The average Bonchev–Trinajstić information content (AvgIpc) is 2.52.